The van der Waals surface area contributed by atoms with E-state index in [-0.39, 0.29) is 0 Å². The van der Waals surface area contributed by atoms with Gasteiger partial charge in [-0.05, 0) is 37.5 Å². The summed E-state index contributed by atoms with van der Waals surface area (Å²) in [6.45, 7) is 0. The molecule has 0 radical (unpaired) electrons. The van der Waals surface area contributed by atoms with Crippen LogP contribution in [0.15, 0.2) is 18.2 Å². The lowest BCUT2D eigenvalue weighted by Crippen LogP contribution is -2.24. The summed E-state index contributed by atoms with van der Waals surface area (Å²) in [7, 11) is 0. The molecule has 0 unspecified atom stereocenters. The second kappa shape index (κ2) is 3.59. The van der Waals surface area contributed by atoms with E-state index in [0.717, 1.165) is 18.6 Å². The van der Waals surface area contributed by atoms with Crippen molar-refractivity contribution in [3.8, 4) is 11.8 Å². The second-order valence-corrected chi connectivity index (χ2v) is 3.53. The van der Waals surface area contributed by atoms with Crippen LogP contribution in [0.3, 0.4) is 0 Å². The minimum atomic E-state index is 0.338. The van der Waals surface area contributed by atoms with Gasteiger partial charge in [0.25, 0.3) is 0 Å². The number of nitrogens with two attached hydrogens (primary N) is 1. The van der Waals surface area contributed by atoms with Gasteiger partial charge in [0.15, 0.2) is 0 Å². The number of hydrogen-bond acceptors (Lipinski definition) is 3. The highest BCUT2D eigenvalue weighted by Crippen LogP contribution is 2.26. The minimum Gasteiger partial charge on any atom is -0.490 e. The summed E-state index contributed by atoms with van der Waals surface area (Å²) in [5.74, 6) is 0.750. The van der Waals surface area contributed by atoms with Gasteiger partial charge in [-0.25, -0.2) is 0 Å². The van der Waals surface area contributed by atoms with Gasteiger partial charge in [-0.3, -0.25) is 0 Å². The van der Waals surface area contributed by atoms with E-state index in [1.807, 2.05) is 12.1 Å². The first-order valence-corrected chi connectivity index (χ1v) is 4.76. The summed E-state index contributed by atoms with van der Waals surface area (Å²) >= 11 is 0. The lowest BCUT2D eigenvalue weighted by atomic mass is 9.96. The van der Waals surface area contributed by atoms with E-state index >= 15 is 0 Å². The molecule has 0 amide bonds. The highest BCUT2D eigenvalue weighted by atomic mass is 16.5. The number of benzene rings is 1. The van der Waals surface area contributed by atoms with Gasteiger partial charge in [-0.15, -0.1) is 0 Å². The van der Waals surface area contributed by atoms with Gasteiger partial charge in [0.1, 0.15) is 11.8 Å². The number of ether oxygens (including phenoxy) is 1. The third-order valence-electron chi connectivity index (χ3n) is 2.50. The molecule has 3 nitrogen and oxygen atoms in total. The van der Waals surface area contributed by atoms with Crippen LogP contribution < -0.4 is 10.5 Å². The Hall–Kier alpha value is -1.69. The van der Waals surface area contributed by atoms with Crippen LogP contribution in [-0.4, -0.2) is 6.10 Å². The van der Waals surface area contributed by atoms with Gasteiger partial charge in [0, 0.05) is 5.69 Å². The fourth-order valence-electron chi connectivity index (χ4n) is 1.39. The minimum absolute atomic E-state index is 0.338. The first-order chi connectivity index (χ1) is 6.79. The monoisotopic (exact) mass is 188 g/mol. The Kier molecular flexibility index (Phi) is 2.28. The first kappa shape index (κ1) is 8.89. The predicted molar refractivity (Wildman–Crippen MR) is 53.8 cm³/mol. The average molecular weight is 188 g/mol. The lowest BCUT2D eigenvalue weighted by Gasteiger charge is -2.26. The van der Waals surface area contributed by atoms with E-state index < -0.39 is 0 Å². The zero-order valence-electron chi connectivity index (χ0n) is 7.86. The summed E-state index contributed by atoms with van der Waals surface area (Å²) in [5, 5.41) is 8.76. The van der Waals surface area contributed by atoms with Crippen LogP contribution in [0.2, 0.25) is 0 Å². The summed E-state index contributed by atoms with van der Waals surface area (Å²) in [4.78, 5) is 0. The lowest BCUT2D eigenvalue weighted by molar-refractivity contribution is 0.120. The standard InChI is InChI=1S/C11H12N2O/c12-7-8-6-10(4-5-11(8)13)14-9-2-1-3-9/h4-6,9H,1-3,13H2. The fraction of sp³-hybridized carbons (Fsp3) is 0.364. The molecule has 0 atom stereocenters. The maximum Gasteiger partial charge on any atom is 0.121 e. The molecule has 1 saturated carbocycles. The third kappa shape index (κ3) is 1.64. The molecule has 1 fully saturated rings. The van der Waals surface area contributed by atoms with Crippen LogP contribution in [0, 0.1) is 11.3 Å². The average Bonchev–Trinajstić information content (AvgIpc) is 2.14. The molecule has 1 aromatic carbocycles. The van der Waals surface area contributed by atoms with Crippen molar-refractivity contribution in [2.75, 3.05) is 5.73 Å². The molecule has 1 aliphatic carbocycles. The summed E-state index contributed by atoms with van der Waals surface area (Å²) < 4.78 is 5.64. The smallest absolute Gasteiger partial charge is 0.121 e. The molecule has 0 aliphatic heterocycles. The molecule has 2 N–H and O–H groups in total. The Morgan fingerprint density at radius 3 is 2.79 bits per heavy atom. The molecule has 3 heteroatoms. The SMILES string of the molecule is N#Cc1cc(OC2CCC2)ccc1N. The van der Waals surface area contributed by atoms with Crippen LogP contribution in [0.4, 0.5) is 5.69 Å². The van der Waals surface area contributed by atoms with E-state index in [9.17, 15) is 0 Å². The maximum atomic E-state index is 8.76. The van der Waals surface area contributed by atoms with Crippen molar-refractivity contribution in [3.05, 3.63) is 23.8 Å². The van der Waals surface area contributed by atoms with E-state index in [0.29, 0.717) is 17.4 Å². The summed E-state index contributed by atoms with van der Waals surface area (Å²) in [5.41, 5.74) is 6.59. The Labute approximate surface area is 83.1 Å². The number of hydrogen-bond donors (Lipinski definition) is 1. The maximum absolute atomic E-state index is 8.76. The van der Waals surface area contributed by atoms with Gasteiger partial charge in [0.05, 0.1) is 11.7 Å². The van der Waals surface area contributed by atoms with Gasteiger partial charge < -0.3 is 10.5 Å². The molecule has 0 bridgehead atoms. The molecule has 0 saturated heterocycles. The van der Waals surface area contributed by atoms with E-state index in [4.69, 9.17) is 15.7 Å². The fourth-order valence-corrected chi connectivity index (χ4v) is 1.39. The normalized spacial score (nSPS) is 15.6. The van der Waals surface area contributed by atoms with E-state index in [2.05, 4.69) is 0 Å². The second-order valence-electron chi connectivity index (χ2n) is 3.53. The van der Waals surface area contributed by atoms with Crippen LogP contribution in [-0.2, 0) is 0 Å². The van der Waals surface area contributed by atoms with Gasteiger partial charge >= 0.3 is 0 Å². The van der Waals surface area contributed by atoms with Crippen LogP contribution in [0.5, 0.6) is 5.75 Å². The molecule has 0 aromatic heterocycles. The first-order valence-electron chi connectivity index (χ1n) is 4.76. The number of anilines is 1. The molecular formula is C11H12N2O. The zero-order chi connectivity index (χ0) is 9.97. The molecule has 0 spiro atoms. The van der Waals surface area contributed by atoms with Crippen molar-refractivity contribution in [2.24, 2.45) is 0 Å². The van der Waals surface area contributed by atoms with Gasteiger partial charge in [0.2, 0.25) is 0 Å². The molecule has 72 valence electrons. The van der Waals surface area contributed by atoms with Crippen molar-refractivity contribution >= 4 is 5.69 Å². The number of nitriles is 1. The van der Waals surface area contributed by atoms with Crippen molar-refractivity contribution in [3.63, 3.8) is 0 Å². The van der Waals surface area contributed by atoms with Crippen LogP contribution in [0.1, 0.15) is 24.8 Å². The predicted octanol–water partition coefficient (Wildman–Crippen LogP) is 2.07. The molecule has 14 heavy (non-hydrogen) atoms. The Bertz CT molecular complexity index is 377. The highest BCUT2D eigenvalue weighted by molar-refractivity contribution is 5.56. The molecule has 1 aromatic rings. The van der Waals surface area contributed by atoms with Gasteiger partial charge in [-0.1, -0.05) is 0 Å². The molecule has 0 heterocycles. The summed E-state index contributed by atoms with van der Waals surface area (Å²) in [6.07, 6.45) is 3.81. The molecule has 2 rings (SSSR count). The topological polar surface area (TPSA) is 59.0 Å². The van der Waals surface area contributed by atoms with E-state index in [1.54, 1.807) is 12.1 Å². The Morgan fingerprint density at radius 2 is 2.21 bits per heavy atom. The summed E-state index contributed by atoms with van der Waals surface area (Å²) in [6, 6.07) is 7.27. The van der Waals surface area contributed by atoms with Crippen LogP contribution in [0.25, 0.3) is 0 Å². The molecular weight excluding hydrogens is 176 g/mol. The van der Waals surface area contributed by atoms with Crippen molar-refractivity contribution in [1.82, 2.24) is 0 Å². The number of rotatable bonds is 2. The van der Waals surface area contributed by atoms with Gasteiger partial charge in [-0.2, -0.15) is 5.26 Å². The Balaban J connectivity index is 2.14. The van der Waals surface area contributed by atoms with Crippen molar-refractivity contribution in [1.29, 1.82) is 5.26 Å². The number of nitrogen functional groups attached to an aromatic ring is 1. The quantitative estimate of drug-likeness (QED) is 0.723. The van der Waals surface area contributed by atoms with Crippen molar-refractivity contribution < 1.29 is 4.74 Å². The largest absolute Gasteiger partial charge is 0.490 e. The van der Waals surface area contributed by atoms with Crippen molar-refractivity contribution in [2.45, 2.75) is 25.4 Å². The Morgan fingerprint density at radius 1 is 1.43 bits per heavy atom. The highest BCUT2D eigenvalue weighted by Gasteiger charge is 2.19. The zero-order valence-corrected chi connectivity index (χ0v) is 7.86. The molecule has 1 aliphatic rings. The van der Waals surface area contributed by atoms with E-state index in [1.165, 1.54) is 6.42 Å². The van der Waals surface area contributed by atoms with Crippen LogP contribution >= 0.6 is 0 Å². The third-order valence-corrected chi connectivity index (χ3v) is 2.50. The number of nitrogens with zero attached hydrogens (tertiary/aromatic N) is 1.